The number of hydrogen-bond acceptors (Lipinski definition) is 1. The third-order valence-electron chi connectivity index (χ3n) is 3.42. The van der Waals surface area contributed by atoms with E-state index < -0.39 is 0 Å². The summed E-state index contributed by atoms with van der Waals surface area (Å²) in [6, 6.07) is 5.69. The molecule has 1 aromatic carbocycles. The largest absolute Gasteiger partial charge is 0.336 e. The van der Waals surface area contributed by atoms with Gasteiger partial charge in [-0.15, -0.1) is 0 Å². The Labute approximate surface area is 121 Å². The molecule has 1 fully saturated rings. The molecule has 1 aromatic rings. The predicted octanol–water partition coefficient (Wildman–Crippen LogP) is 4.51. The fraction of sp³-hybridized carbons (Fsp3) is 0.500. The molecule has 0 radical (unpaired) electrons. The van der Waals surface area contributed by atoms with Crippen molar-refractivity contribution < 1.29 is 4.79 Å². The zero-order valence-corrected chi connectivity index (χ0v) is 12.8. The van der Waals surface area contributed by atoms with Gasteiger partial charge in [0, 0.05) is 27.6 Å². The Morgan fingerprint density at radius 2 is 2.11 bits per heavy atom. The Kier molecular flexibility index (Phi) is 4.68. The fourth-order valence-corrected chi connectivity index (χ4v) is 3.28. The van der Waals surface area contributed by atoms with Gasteiger partial charge in [0.1, 0.15) is 0 Å². The van der Waals surface area contributed by atoms with Crippen LogP contribution in [-0.2, 0) is 0 Å². The molecular formula is C14H17BrClNO. The number of halogens is 2. The second-order valence-electron chi connectivity index (χ2n) is 4.86. The van der Waals surface area contributed by atoms with Crippen LogP contribution in [0.15, 0.2) is 22.7 Å². The Morgan fingerprint density at radius 3 is 2.83 bits per heavy atom. The minimum absolute atomic E-state index is 0.0904. The van der Waals surface area contributed by atoms with Crippen LogP contribution in [0.1, 0.15) is 43.0 Å². The van der Waals surface area contributed by atoms with Gasteiger partial charge in [0.25, 0.3) is 5.91 Å². The average molecular weight is 331 g/mol. The Hall–Kier alpha value is -0.540. The smallest absolute Gasteiger partial charge is 0.254 e. The maximum absolute atomic E-state index is 12.5. The topological polar surface area (TPSA) is 20.3 Å². The molecule has 1 saturated heterocycles. The second kappa shape index (κ2) is 6.07. The number of carbonyl (C=O) groups excluding carboxylic acids is 1. The van der Waals surface area contributed by atoms with E-state index in [2.05, 4.69) is 22.9 Å². The zero-order chi connectivity index (χ0) is 13.1. The standard InChI is InChI=1S/C14H17BrClNO/c1-10-5-3-2-4-6-17(10)14(18)11-7-12(15)9-13(16)8-11/h7-10H,2-6H2,1H3. The number of nitrogens with zero attached hydrogens (tertiary/aromatic N) is 1. The molecule has 1 unspecified atom stereocenters. The molecule has 1 aliphatic rings. The van der Waals surface area contributed by atoms with Crippen LogP contribution in [0.2, 0.25) is 5.02 Å². The lowest BCUT2D eigenvalue weighted by Gasteiger charge is -2.27. The first-order valence-corrected chi connectivity index (χ1v) is 7.52. The highest BCUT2D eigenvalue weighted by Crippen LogP contribution is 2.23. The molecule has 1 amide bonds. The molecule has 18 heavy (non-hydrogen) atoms. The van der Waals surface area contributed by atoms with Gasteiger partial charge < -0.3 is 4.90 Å². The summed E-state index contributed by atoms with van der Waals surface area (Å²) >= 11 is 9.38. The highest BCUT2D eigenvalue weighted by Gasteiger charge is 2.23. The first kappa shape index (κ1) is 13.9. The molecule has 98 valence electrons. The SMILES string of the molecule is CC1CCCCCN1C(=O)c1cc(Cl)cc(Br)c1. The molecule has 2 rings (SSSR count). The van der Waals surface area contributed by atoms with Gasteiger partial charge in [-0.2, -0.15) is 0 Å². The zero-order valence-electron chi connectivity index (χ0n) is 10.5. The van der Waals surface area contributed by atoms with Crippen molar-refractivity contribution in [3.63, 3.8) is 0 Å². The van der Waals surface area contributed by atoms with Crippen molar-refractivity contribution in [2.75, 3.05) is 6.54 Å². The van der Waals surface area contributed by atoms with Crippen LogP contribution in [0.5, 0.6) is 0 Å². The predicted molar refractivity (Wildman–Crippen MR) is 78.1 cm³/mol. The van der Waals surface area contributed by atoms with E-state index in [1.54, 1.807) is 12.1 Å². The number of likely N-dealkylation sites (tertiary alicyclic amines) is 1. The molecule has 4 heteroatoms. The third-order valence-corrected chi connectivity index (χ3v) is 4.10. The summed E-state index contributed by atoms with van der Waals surface area (Å²) in [5, 5.41) is 0.593. The quantitative estimate of drug-likeness (QED) is 0.742. The normalized spacial score (nSPS) is 20.6. The number of amides is 1. The first-order chi connectivity index (χ1) is 8.58. The van der Waals surface area contributed by atoms with Crippen molar-refractivity contribution in [3.8, 4) is 0 Å². The highest BCUT2D eigenvalue weighted by atomic mass is 79.9. The van der Waals surface area contributed by atoms with E-state index in [9.17, 15) is 4.79 Å². The molecular weight excluding hydrogens is 314 g/mol. The summed E-state index contributed by atoms with van der Waals surface area (Å²) in [7, 11) is 0. The van der Waals surface area contributed by atoms with Crippen LogP contribution < -0.4 is 0 Å². The molecule has 0 saturated carbocycles. The van der Waals surface area contributed by atoms with Crippen LogP contribution in [0.4, 0.5) is 0 Å². The van der Waals surface area contributed by atoms with Crippen molar-refractivity contribution >= 4 is 33.4 Å². The van der Waals surface area contributed by atoms with Crippen molar-refractivity contribution in [3.05, 3.63) is 33.3 Å². The maximum Gasteiger partial charge on any atom is 0.254 e. The van der Waals surface area contributed by atoms with Crippen molar-refractivity contribution in [2.45, 2.75) is 38.6 Å². The van der Waals surface area contributed by atoms with Crippen LogP contribution >= 0.6 is 27.5 Å². The van der Waals surface area contributed by atoms with Gasteiger partial charge in [-0.05, 0) is 38.0 Å². The molecule has 0 spiro atoms. The lowest BCUT2D eigenvalue weighted by atomic mass is 10.1. The van der Waals surface area contributed by atoms with Gasteiger partial charge >= 0.3 is 0 Å². The lowest BCUT2D eigenvalue weighted by Crippen LogP contribution is -2.38. The Bertz CT molecular complexity index is 429. The van der Waals surface area contributed by atoms with Crippen molar-refractivity contribution in [1.82, 2.24) is 4.90 Å². The van der Waals surface area contributed by atoms with E-state index in [1.165, 1.54) is 12.8 Å². The summed E-state index contributed by atoms with van der Waals surface area (Å²) in [6.07, 6.45) is 4.61. The summed E-state index contributed by atoms with van der Waals surface area (Å²) in [5.74, 6) is 0.0904. The lowest BCUT2D eigenvalue weighted by molar-refractivity contribution is 0.0698. The van der Waals surface area contributed by atoms with Gasteiger partial charge in [-0.3, -0.25) is 4.79 Å². The fourth-order valence-electron chi connectivity index (χ4n) is 2.42. The van der Waals surface area contributed by atoms with Gasteiger partial charge in [0.15, 0.2) is 0 Å². The second-order valence-corrected chi connectivity index (χ2v) is 6.21. The Balaban J connectivity index is 2.23. The molecule has 0 aromatic heterocycles. The molecule has 0 aliphatic carbocycles. The van der Waals surface area contributed by atoms with E-state index in [0.29, 0.717) is 16.6 Å². The van der Waals surface area contributed by atoms with Gasteiger partial charge in [0.05, 0.1) is 0 Å². The van der Waals surface area contributed by atoms with Crippen LogP contribution in [0.25, 0.3) is 0 Å². The van der Waals surface area contributed by atoms with Crippen LogP contribution in [0.3, 0.4) is 0 Å². The molecule has 1 atom stereocenters. The monoisotopic (exact) mass is 329 g/mol. The number of benzene rings is 1. The van der Waals surface area contributed by atoms with E-state index in [4.69, 9.17) is 11.6 Å². The highest BCUT2D eigenvalue weighted by molar-refractivity contribution is 9.10. The third kappa shape index (κ3) is 3.27. The van der Waals surface area contributed by atoms with Crippen LogP contribution in [-0.4, -0.2) is 23.4 Å². The number of hydrogen-bond donors (Lipinski definition) is 0. The van der Waals surface area contributed by atoms with Crippen molar-refractivity contribution in [2.24, 2.45) is 0 Å². The Morgan fingerprint density at radius 1 is 1.33 bits per heavy atom. The molecule has 1 heterocycles. The molecule has 0 bridgehead atoms. The van der Waals surface area contributed by atoms with Gasteiger partial charge in [-0.25, -0.2) is 0 Å². The van der Waals surface area contributed by atoms with E-state index >= 15 is 0 Å². The average Bonchev–Trinajstić information content (AvgIpc) is 2.51. The minimum Gasteiger partial charge on any atom is -0.336 e. The van der Waals surface area contributed by atoms with Gasteiger partial charge in [-0.1, -0.05) is 40.4 Å². The summed E-state index contributed by atoms with van der Waals surface area (Å²) in [5.41, 5.74) is 0.670. The van der Waals surface area contributed by atoms with Gasteiger partial charge in [0.2, 0.25) is 0 Å². The summed E-state index contributed by atoms with van der Waals surface area (Å²) in [4.78, 5) is 14.5. The molecule has 1 aliphatic heterocycles. The minimum atomic E-state index is 0.0904. The summed E-state index contributed by atoms with van der Waals surface area (Å²) < 4.78 is 0.848. The number of rotatable bonds is 1. The molecule has 0 N–H and O–H groups in total. The van der Waals surface area contributed by atoms with Crippen molar-refractivity contribution in [1.29, 1.82) is 0 Å². The number of carbonyl (C=O) groups is 1. The first-order valence-electron chi connectivity index (χ1n) is 6.35. The van der Waals surface area contributed by atoms with E-state index in [1.807, 2.05) is 11.0 Å². The van der Waals surface area contributed by atoms with Crippen LogP contribution in [0, 0.1) is 0 Å². The maximum atomic E-state index is 12.5. The van der Waals surface area contributed by atoms with E-state index in [-0.39, 0.29) is 5.91 Å². The summed E-state index contributed by atoms with van der Waals surface area (Å²) in [6.45, 7) is 2.98. The molecule has 2 nitrogen and oxygen atoms in total. The van der Waals surface area contributed by atoms with E-state index in [0.717, 1.165) is 23.9 Å².